The lowest BCUT2D eigenvalue weighted by Crippen LogP contribution is -2.30. The molecule has 4 heterocycles. The van der Waals surface area contributed by atoms with Gasteiger partial charge in [0, 0.05) is 29.7 Å². The van der Waals surface area contributed by atoms with Crippen LogP contribution >= 0.6 is 0 Å². The lowest BCUT2D eigenvalue weighted by molar-refractivity contribution is -0.135. The molecule has 0 saturated heterocycles. The number of fused-ring (bicyclic) bond motifs is 3. The van der Waals surface area contributed by atoms with Gasteiger partial charge in [-0.25, -0.2) is 4.79 Å². The van der Waals surface area contributed by atoms with Crippen LogP contribution in [0.2, 0.25) is 0 Å². The van der Waals surface area contributed by atoms with E-state index in [0.29, 0.717) is 17.7 Å². The number of carbonyl (C=O) groups excluding carboxylic acids is 2. The zero-order valence-electron chi connectivity index (χ0n) is 18.4. The summed E-state index contributed by atoms with van der Waals surface area (Å²) in [6, 6.07) is 8.80. The van der Waals surface area contributed by atoms with Crippen molar-refractivity contribution in [3.63, 3.8) is 0 Å². The number of aromatic nitrogens is 1. The normalized spacial score (nSPS) is 16.6. The minimum atomic E-state index is -0.827. The number of ketones is 1. The first-order valence-corrected chi connectivity index (χ1v) is 11.0. The Morgan fingerprint density at radius 3 is 2.74 bits per heavy atom. The first kappa shape index (κ1) is 20.4. The number of hydrogen-bond acceptors (Lipinski definition) is 7. The van der Waals surface area contributed by atoms with Crippen LogP contribution in [0.5, 0.6) is 11.5 Å². The predicted octanol–water partition coefficient (Wildman–Crippen LogP) is 3.32. The van der Waals surface area contributed by atoms with E-state index in [1.165, 1.54) is 13.0 Å². The van der Waals surface area contributed by atoms with Crippen LogP contribution in [-0.2, 0) is 17.8 Å². The number of phenols is 1. The van der Waals surface area contributed by atoms with Gasteiger partial charge in [0.1, 0.15) is 16.9 Å². The molecule has 2 aromatic heterocycles. The monoisotopic (exact) mass is 457 g/mol. The van der Waals surface area contributed by atoms with Gasteiger partial charge in [0.05, 0.1) is 17.3 Å². The standard InChI is InChI=1S/C26H19NO7/c1-11-8-17(29)33-24-19(11)23(31)20(12(2)28)25-21(24)15(10-18(30)34-25)16-9-14-5-3-4-13-6-7-27(22(13)14)26(16)32/h3-5,8-9,15,31H,6-7,10H2,1-2H3/t15-/m1/s1. The fourth-order valence-corrected chi connectivity index (χ4v) is 5.44. The highest BCUT2D eigenvalue weighted by Crippen LogP contribution is 2.49. The van der Waals surface area contributed by atoms with E-state index in [4.69, 9.17) is 9.15 Å². The number of aryl methyl sites for hydroxylation is 3. The van der Waals surface area contributed by atoms with Crippen molar-refractivity contribution >= 4 is 33.6 Å². The zero-order chi connectivity index (χ0) is 23.9. The van der Waals surface area contributed by atoms with Crippen molar-refractivity contribution in [1.82, 2.24) is 4.57 Å². The molecule has 0 fully saturated rings. The minimum Gasteiger partial charge on any atom is -0.506 e. The Morgan fingerprint density at radius 2 is 1.97 bits per heavy atom. The molecule has 1 atom stereocenters. The van der Waals surface area contributed by atoms with Crippen molar-refractivity contribution in [2.24, 2.45) is 0 Å². The Labute approximate surface area is 192 Å². The number of carbonyl (C=O) groups is 2. The summed E-state index contributed by atoms with van der Waals surface area (Å²) >= 11 is 0. The fraction of sp³-hybridized carbons (Fsp3) is 0.231. The van der Waals surface area contributed by atoms with Gasteiger partial charge in [0.15, 0.2) is 11.5 Å². The number of phenolic OH excluding ortho intramolecular Hbond substituents is 1. The lowest BCUT2D eigenvalue weighted by atomic mass is 9.82. The number of benzene rings is 2. The number of ether oxygens (including phenoxy) is 1. The number of esters is 1. The number of hydrogen-bond donors (Lipinski definition) is 1. The van der Waals surface area contributed by atoms with Gasteiger partial charge < -0.3 is 18.8 Å². The molecule has 4 aromatic rings. The number of nitrogens with zero attached hydrogens (tertiary/aromatic N) is 1. The zero-order valence-corrected chi connectivity index (χ0v) is 18.4. The summed E-state index contributed by atoms with van der Waals surface area (Å²) in [6.45, 7) is 3.39. The van der Waals surface area contributed by atoms with Crippen molar-refractivity contribution < 1.29 is 23.8 Å². The topological polar surface area (TPSA) is 116 Å². The van der Waals surface area contributed by atoms with Gasteiger partial charge in [-0.3, -0.25) is 14.4 Å². The van der Waals surface area contributed by atoms with Crippen LogP contribution in [0, 0.1) is 6.92 Å². The fourth-order valence-electron chi connectivity index (χ4n) is 5.44. The van der Waals surface area contributed by atoms with E-state index in [-0.39, 0.29) is 39.8 Å². The summed E-state index contributed by atoms with van der Waals surface area (Å²) < 4.78 is 12.7. The molecule has 2 aliphatic heterocycles. The molecule has 170 valence electrons. The molecule has 1 N–H and O–H groups in total. The molecule has 34 heavy (non-hydrogen) atoms. The van der Waals surface area contributed by atoms with E-state index in [9.17, 15) is 24.3 Å². The van der Waals surface area contributed by atoms with E-state index >= 15 is 0 Å². The van der Waals surface area contributed by atoms with E-state index in [2.05, 4.69) is 0 Å². The van der Waals surface area contributed by atoms with Crippen molar-refractivity contribution in [3.05, 3.63) is 78.9 Å². The Hall–Kier alpha value is -4.20. The smallest absolute Gasteiger partial charge is 0.336 e. The van der Waals surface area contributed by atoms with Crippen molar-refractivity contribution in [3.8, 4) is 11.5 Å². The van der Waals surface area contributed by atoms with Crippen LogP contribution in [0.25, 0.3) is 21.9 Å². The van der Waals surface area contributed by atoms with Crippen molar-refractivity contribution in [2.75, 3.05) is 0 Å². The summed E-state index contributed by atoms with van der Waals surface area (Å²) in [5.74, 6) is -2.58. The second-order valence-electron chi connectivity index (χ2n) is 8.87. The van der Waals surface area contributed by atoms with Crippen LogP contribution in [0.4, 0.5) is 0 Å². The van der Waals surface area contributed by atoms with Gasteiger partial charge >= 0.3 is 11.6 Å². The largest absolute Gasteiger partial charge is 0.506 e. The van der Waals surface area contributed by atoms with Crippen LogP contribution in [0.3, 0.4) is 0 Å². The average molecular weight is 457 g/mol. The van der Waals surface area contributed by atoms with Crippen LogP contribution in [-0.4, -0.2) is 21.4 Å². The Morgan fingerprint density at radius 1 is 1.18 bits per heavy atom. The molecule has 8 nitrogen and oxygen atoms in total. The first-order chi connectivity index (χ1) is 16.3. The van der Waals surface area contributed by atoms with Gasteiger partial charge in [-0.1, -0.05) is 18.2 Å². The number of aromatic hydroxyl groups is 1. The van der Waals surface area contributed by atoms with Crippen LogP contribution < -0.4 is 15.9 Å². The number of pyridine rings is 1. The number of para-hydroxylation sites is 1. The maximum Gasteiger partial charge on any atom is 0.336 e. The highest BCUT2D eigenvalue weighted by atomic mass is 16.5. The first-order valence-electron chi connectivity index (χ1n) is 11.0. The molecule has 0 aliphatic carbocycles. The van der Waals surface area contributed by atoms with Crippen molar-refractivity contribution in [1.29, 1.82) is 0 Å². The summed E-state index contributed by atoms with van der Waals surface area (Å²) in [7, 11) is 0. The van der Waals surface area contributed by atoms with Crippen LogP contribution in [0.15, 0.2) is 44.3 Å². The molecule has 0 saturated carbocycles. The molecule has 0 bridgehead atoms. The Bertz CT molecular complexity index is 1720. The highest BCUT2D eigenvalue weighted by Gasteiger charge is 2.39. The van der Waals surface area contributed by atoms with Gasteiger partial charge in [0.2, 0.25) is 0 Å². The van der Waals surface area contributed by atoms with Gasteiger partial charge in [-0.15, -0.1) is 0 Å². The third kappa shape index (κ3) is 2.65. The molecule has 6 rings (SSSR count). The predicted molar refractivity (Wildman–Crippen MR) is 123 cm³/mol. The minimum absolute atomic E-state index is 0.00895. The maximum atomic E-state index is 13.6. The molecule has 0 unspecified atom stereocenters. The summed E-state index contributed by atoms with van der Waals surface area (Å²) in [6.07, 6.45) is 0.557. The average Bonchev–Trinajstić information content (AvgIpc) is 3.20. The Kier molecular flexibility index (Phi) is 4.14. The lowest BCUT2D eigenvalue weighted by Gasteiger charge is -2.28. The summed E-state index contributed by atoms with van der Waals surface area (Å²) in [4.78, 5) is 51.1. The molecule has 0 amide bonds. The molecule has 8 heteroatoms. The van der Waals surface area contributed by atoms with E-state index < -0.39 is 29.0 Å². The Balaban J connectivity index is 1.77. The highest BCUT2D eigenvalue weighted by molar-refractivity contribution is 6.09. The second-order valence-corrected chi connectivity index (χ2v) is 8.87. The maximum absolute atomic E-state index is 13.6. The quantitative estimate of drug-likeness (QED) is 0.212. The van der Waals surface area contributed by atoms with E-state index in [0.717, 1.165) is 22.9 Å². The molecule has 0 spiro atoms. The second kappa shape index (κ2) is 6.90. The number of rotatable bonds is 2. The van der Waals surface area contributed by atoms with Gasteiger partial charge in [-0.05, 0) is 42.8 Å². The third-order valence-electron chi connectivity index (χ3n) is 6.84. The molecular formula is C26H19NO7. The molecule has 2 aliphatic rings. The summed E-state index contributed by atoms with van der Waals surface area (Å²) in [5.41, 5.74) is 1.88. The number of Topliss-reactive ketones (excluding diaryl/α,β-unsaturated/α-hetero) is 1. The SMILES string of the molecule is CC(=O)c1c2c(c3oc(=O)cc(C)c3c1O)[C@@H](c1cc3cccc4c3n(c1=O)CC4)CC(=O)O2. The van der Waals surface area contributed by atoms with Gasteiger partial charge in [-0.2, -0.15) is 0 Å². The molecule has 0 radical (unpaired) electrons. The molecule has 2 aromatic carbocycles. The summed E-state index contributed by atoms with van der Waals surface area (Å²) in [5, 5.41) is 12.0. The van der Waals surface area contributed by atoms with Crippen molar-refractivity contribution in [2.45, 2.75) is 39.2 Å². The van der Waals surface area contributed by atoms with Crippen LogP contribution in [0.1, 0.15) is 51.9 Å². The van der Waals surface area contributed by atoms with Gasteiger partial charge in [0.25, 0.3) is 5.56 Å². The van der Waals surface area contributed by atoms with E-state index in [1.54, 1.807) is 17.6 Å². The third-order valence-corrected chi connectivity index (χ3v) is 6.84. The van der Waals surface area contributed by atoms with E-state index in [1.807, 2.05) is 18.2 Å². The molecular weight excluding hydrogens is 438 g/mol.